The number of rotatable bonds is 5. The number of allylic oxidation sites excluding steroid dienone is 1. The molecule has 3 heterocycles. The molecule has 3 fully saturated rings. The highest BCUT2D eigenvalue weighted by atomic mass is 16.7. The van der Waals surface area contributed by atoms with Crippen LogP contribution in [0.3, 0.4) is 0 Å². The van der Waals surface area contributed by atoms with E-state index in [9.17, 15) is 30.0 Å². The number of methoxy groups -OCH3 is 1. The van der Waals surface area contributed by atoms with Crippen LogP contribution in [0.5, 0.6) is 0 Å². The molecule has 11 atom stereocenters. The van der Waals surface area contributed by atoms with Gasteiger partial charge in [0.05, 0.1) is 38.3 Å². The molecule has 38 heavy (non-hydrogen) atoms. The Morgan fingerprint density at radius 1 is 1.18 bits per heavy atom. The lowest BCUT2D eigenvalue weighted by atomic mass is 9.44. The maximum atomic E-state index is 13.5. The number of aliphatic hydroxyl groups is 4. The smallest absolute Gasteiger partial charge is 0.334 e. The highest BCUT2D eigenvalue weighted by Gasteiger charge is 2.66. The van der Waals surface area contributed by atoms with E-state index in [0.29, 0.717) is 24.8 Å². The summed E-state index contributed by atoms with van der Waals surface area (Å²) in [6, 6.07) is 1.77. The van der Waals surface area contributed by atoms with Crippen molar-refractivity contribution in [1.82, 2.24) is 0 Å². The van der Waals surface area contributed by atoms with Crippen molar-refractivity contribution in [3.05, 3.63) is 35.8 Å². The van der Waals surface area contributed by atoms with E-state index in [1.165, 1.54) is 13.4 Å². The average Bonchev–Trinajstić information content (AvgIpc) is 3.44. The van der Waals surface area contributed by atoms with Crippen LogP contribution in [0.2, 0.25) is 0 Å². The molecule has 2 aliphatic heterocycles. The number of carbonyl (C=O) groups excluding carboxylic acids is 2. The van der Waals surface area contributed by atoms with Crippen molar-refractivity contribution < 1.29 is 53.4 Å². The van der Waals surface area contributed by atoms with E-state index >= 15 is 0 Å². The molecular weight excluding hydrogens is 500 g/mol. The molecule has 11 nitrogen and oxygen atoms in total. The van der Waals surface area contributed by atoms with Gasteiger partial charge in [-0.1, -0.05) is 19.9 Å². The largest absolute Gasteiger partial charge is 0.472 e. The number of fused-ring (bicyclic) bond motifs is 3. The summed E-state index contributed by atoms with van der Waals surface area (Å²) >= 11 is 0. The minimum Gasteiger partial charge on any atom is -0.472 e. The highest BCUT2D eigenvalue weighted by molar-refractivity contribution is 5.90. The van der Waals surface area contributed by atoms with Crippen molar-refractivity contribution in [2.45, 2.75) is 82.4 Å². The number of esters is 2. The standard InChI is InChI=1S/C27H36O11/c1-26-10-16(13-7-8-35-12-13)36-24(33)15(26)9-19(27(2)14(23(32)34-3)5-4-6-18(26)27)38-25-22(31)21(30)20(29)17(11-28)37-25/h5,7-8,12,15-22,25,28-31H,4,6,9-11H2,1-3H3/t15-,16?,17+,18-,19+,20+,21-,22+,25-,26+,27-/m0/s1. The van der Waals surface area contributed by atoms with Crippen molar-refractivity contribution >= 4 is 11.9 Å². The van der Waals surface area contributed by atoms with Gasteiger partial charge >= 0.3 is 11.9 Å². The molecule has 0 amide bonds. The molecule has 5 rings (SSSR count). The average molecular weight is 537 g/mol. The normalized spacial score (nSPS) is 44.9. The predicted octanol–water partition coefficient (Wildman–Crippen LogP) is 0.995. The Labute approximate surface area is 220 Å². The fourth-order valence-corrected chi connectivity index (χ4v) is 7.39. The van der Waals surface area contributed by atoms with E-state index in [-0.39, 0.29) is 18.3 Å². The molecule has 1 aromatic rings. The summed E-state index contributed by atoms with van der Waals surface area (Å²) in [5.74, 6) is -1.68. The van der Waals surface area contributed by atoms with Crippen LogP contribution >= 0.6 is 0 Å². The van der Waals surface area contributed by atoms with Crippen LogP contribution in [0.25, 0.3) is 0 Å². The maximum absolute atomic E-state index is 13.5. The van der Waals surface area contributed by atoms with Gasteiger partial charge in [-0.15, -0.1) is 0 Å². The molecule has 0 radical (unpaired) electrons. The Kier molecular flexibility index (Phi) is 7.21. The monoisotopic (exact) mass is 536 g/mol. The van der Waals surface area contributed by atoms with Gasteiger partial charge in [0, 0.05) is 16.6 Å². The summed E-state index contributed by atoms with van der Waals surface area (Å²) in [6.45, 7) is 3.35. The highest BCUT2D eigenvalue weighted by Crippen LogP contribution is 2.65. The van der Waals surface area contributed by atoms with Gasteiger partial charge in [0.15, 0.2) is 6.29 Å². The lowest BCUT2D eigenvalue weighted by molar-refractivity contribution is -0.329. The first-order valence-electron chi connectivity index (χ1n) is 13.0. The molecule has 0 bridgehead atoms. The Morgan fingerprint density at radius 2 is 1.95 bits per heavy atom. The van der Waals surface area contributed by atoms with Gasteiger partial charge in [-0.3, -0.25) is 4.79 Å². The van der Waals surface area contributed by atoms with Crippen molar-refractivity contribution in [2.75, 3.05) is 13.7 Å². The fourth-order valence-electron chi connectivity index (χ4n) is 7.39. The van der Waals surface area contributed by atoms with Gasteiger partial charge in [-0.05, 0) is 43.1 Å². The Balaban J connectivity index is 1.54. The van der Waals surface area contributed by atoms with Crippen LogP contribution < -0.4 is 0 Å². The van der Waals surface area contributed by atoms with E-state index < -0.39 is 72.2 Å². The predicted molar refractivity (Wildman–Crippen MR) is 128 cm³/mol. The maximum Gasteiger partial charge on any atom is 0.334 e. The topological polar surface area (TPSA) is 165 Å². The summed E-state index contributed by atoms with van der Waals surface area (Å²) in [4.78, 5) is 26.5. The van der Waals surface area contributed by atoms with Gasteiger partial charge in [-0.25, -0.2) is 4.79 Å². The second-order valence-corrected chi connectivity index (χ2v) is 11.3. The Morgan fingerprint density at radius 3 is 2.61 bits per heavy atom. The molecule has 2 saturated heterocycles. The van der Waals surface area contributed by atoms with Crippen LogP contribution in [0.1, 0.15) is 51.2 Å². The second-order valence-electron chi connectivity index (χ2n) is 11.3. The van der Waals surface area contributed by atoms with E-state index in [0.717, 1.165) is 5.56 Å². The van der Waals surface area contributed by atoms with Crippen LogP contribution in [0, 0.1) is 22.7 Å². The molecule has 1 unspecified atom stereocenters. The summed E-state index contributed by atoms with van der Waals surface area (Å²) in [5.41, 5.74) is -0.341. The first-order chi connectivity index (χ1) is 18.1. The second kappa shape index (κ2) is 10.0. The molecular formula is C27H36O11. The summed E-state index contributed by atoms with van der Waals surface area (Å²) in [5, 5.41) is 40.8. The molecule has 0 spiro atoms. The molecule has 4 aliphatic rings. The van der Waals surface area contributed by atoms with E-state index in [4.69, 9.17) is 23.4 Å². The van der Waals surface area contributed by atoms with Gasteiger partial charge in [0.1, 0.15) is 30.5 Å². The van der Waals surface area contributed by atoms with Crippen molar-refractivity contribution in [2.24, 2.45) is 22.7 Å². The zero-order valence-electron chi connectivity index (χ0n) is 21.7. The summed E-state index contributed by atoms with van der Waals surface area (Å²) in [7, 11) is 1.31. The summed E-state index contributed by atoms with van der Waals surface area (Å²) < 4.78 is 28.2. The van der Waals surface area contributed by atoms with Crippen LogP contribution in [-0.4, -0.2) is 82.9 Å². The zero-order chi connectivity index (χ0) is 27.4. The number of aliphatic hydroxyl groups excluding tert-OH is 4. The number of cyclic esters (lactones) is 1. The minimum absolute atomic E-state index is 0.157. The van der Waals surface area contributed by atoms with Crippen LogP contribution in [-0.2, 0) is 28.5 Å². The first-order valence-corrected chi connectivity index (χ1v) is 13.0. The lowest BCUT2D eigenvalue weighted by Gasteiger charge is -2.62. The van der Waals surface area contributed by atoms with Gasteiger partial charge in [0.2, 0.25) is 0 Å². The SMILES string of the molecule is COC(=O)C1=CCC[C@H]2[C@]3(C)CC(c4ccoc4)OC(=O)[C@@H]3C[C@@H](O[C@@H]3O[C@H](CO)[C@@H](O)[C@H](O)[C@H]3O)[C@@]12C. The molecule has 4 N–H and O–H groups in total. The van der Waals surface area contributed by atoms with E-state index in [2.05, 4.69) is 6.92 Å². The van der Waals surface area contributed by atoms with Gasteiger partial charge < -0.3 is 43.8 Å². The minimum atomic E-state index is -1.62. The number of hydrogen-bond donors (Lipinski definition) is 4. The zero-order valence-corrected chi connectivity index (χ0v) is 21.7. The van der Waals surface area contributed by atoms with Crippen molar-refractivity contribution in [3.63, 3.8) is 0 Å². The van der Waals surface area contributed by atoms with Crippen LogP contribution in [0.15, 0.2) is 34.7 Å². The fraction of sp³-hybridized carbons (Fsp3) is 0.704. The number of hydrogen-bond acceptors (Lipinski definition) is 11. The number of carbonyl (C=O) groups is 2. The van der Waals surface area contributed by atoms with Crippen molar-refractivity contribution in [3.8, 4) is 0 Å². The molecule has 1 saturated carbocycles. The number of furan rings is 1. The van der Waals surface area contributed by atoms with Gasteiger partial charge in [-0.2, -0.15) is 0 Å². The molecule has 2 aliphatic carbocycles. The first kappa shape index (κ1) is 27.3. The van der Waals surface area contributed by atoms with Crippen molar-refractivity contribution in [1.29, 1.82) is 0 Å². The third-order valence-electron chi connectivity index (χ3n) is 9.45. The summed E-state index contributed by atoms with van der Waals surface area (Å²) in [6.07, 6.45) is -1.81. The third-order valence-corrected chi connectivity index (χ3v) is 9.45. The lowest BCUT2D eigenvalue weighted by Crippen LogP contribution is -2.65. The van der Waals surface area contributed by atoms with Crippen LogP contribution in [0.4, 0.5) is 0 Å². The molecule has 210 valence electrons. The Hall–Kier alpha value is -2.28. The molecule has 11 heteroatoms. The number of ether oxygens (including phenoxy) is 4. The molecule has 1 aromatic heterocycles. The van der Waals surface area contributed by atoms with E-state index in [1.54, 1.807) is 12.3 Å². The van der Waals surface area contributed by atoms with E-state index in [1.807, 2.05) is 13.0 Å². The van der Waals surface area contributed by atoms with Gasteiger partial charge in [0.25, 0.3) is 0 Å². The molecule has 0 aromatic carbocycles. The quantitative estimate of drug-likeness (QED) is 0.397. The third kappa shape index (κ3) is 4.11. The Bertz CT molecular complexity index is 1070.